The Bertz CT molecular complexity index is 161. The third-order valence-electron chi connectivity index (χ3n) is 2.39. The average Bonchev–Trinajstić information content (AvgIpc) is 2.51. The lowest BCUT2D eigenvalue weighted by Crippen LogP contribution is -2.27. The molecule has 2 nitrogen and oxygen atoms in total. The zero-order valence-corrected chi connectivity index (χ0v) is 8.51. The molecule has 0 saturated carbocycles. The number of rotatable bonds is 4. The molecule has 0 atom stereocenters. The largest absolute Gasteiger partial charge is 0.377 e. The van der Waals surface area contributed by atoms with Gasteiger partial charge in [-0.05, 0) is 33.4 Å². The summed E-state index contributed by atoms with van der Waals surface area (Å²) in [6, 6.07) is 0. The van der Waals surface area contributed by atoms with Gasteiger partial charge in [-0.25, -0.2) is 0 Å². The maximum Gasteiger partial charge on any atom is 0.0299 e. The van der Waals surface area contributed by atoms with Crippen molar-refractivity contribution in [3.05, 3.63) is 11.8 Å². The van der Waals surface area contributed by atoms with Crippen molar-refractivity contribution < 1.29 is 0 Å². The molecular weight excluding hydrogens is 148 g/mol. The highest BCUT2D eigenvalue weighted by molar-refractivity contribution is 5.05. The highest BCUT2D eigenvalue weighted by atomic mass is 15.2. The summed E-state index contributed by atoms with van der Waals surface area (Å²) in [5, 5.41) is 0. The van der Waals surface area contributed by atoms with Crippen molar-refractivity contribution in [1.82, 2.24) is 9.80 Å². The molecule has 0 saturated heterocycles. The highest BCUT2D eigenvalue weighted by Crippen LogP contribution is 2.19. The van der Waals surface area contributed by atoms with Gasteiger partial charge in [0.05, 0.1) is 0 Å². The van der Waals surface area contributed by atoms with Gasteiger partial charge in [-0.3, -0.25) is 0 Å². The second-order valence-corrected chi connectivity index (χ2v) is 3.81. The molecule has 1 aliphatic carbocycles. The molecule has 1 aliphatic rings. The van der Waals surface area contributed by atoms with Crippen LogP contribution >= 0.6 is 0 Å². The summed E-state index contributed by atoms with van der Waals surface area (Å²) in [4.78, 5) is 4.61. The van der Waals surface area contributed by atoms with Gasteiger partial charge in [-0.2, -0.15) is 0 Å². The average molecular weight is 168 g/mol. The molecule has 0 aliphatic heterocycles. The summed E-state index contributed by atoms with van der Waals surface area (Å²) in [5.74, 6) is 0. The summed E-state index contributed by atoms with van der Waals surface area (Å²) < 4.78 is 0. The summed E-state index contributed by atoms with van der Waals surface area (Å²) >= 11 is 0. The monoisotopic (exact) mass is 168 g/mol. The molecule has 70 valence electrons. The quantitative estimate of drug-likeness (QED) is 0.628. The molecular formula is C10H20N2. The topological polar surface area (TPSA) is 6.48 Å². The van der Waals surface area contributed by atoms with Crippen LogP contribution in [-0.2, 0) is 0 Å². The maximum absolute atomic E-state index is 2.38. The van der Waals surface area contributed by atoms with Gasteiger partial charge in [0, 0.05) is 25.8 Å². The van der Waals surface area contributed by atoms with E-state index in [4.69, 9.17) is 0 Å². The molecule has 0 N–H and O–H groups in total. The van der Waals surface area contributed by atoms with Crippen molar-refractivity contribution in [2.75, 3.05) is 34.2 Å². The Morgan fingerprint density at radius 3 is 2.50 bits per heavy atom. The number of nitrogens with zero attached hydrogens (tertiary/aromatic N) is 2. The van der Waals surface area contributed by atoms with E-state index in [0.717, 1.165) is 13.1 Å². The Morgan fingerprint density at radius 2 is 2.00 bits per heavy atom. The van der Waals surface area contributed by atoms with E-state index >= 15 is 0 Å². The van der Waals surface area contributed by atoms with E-state index in [1.54, 1.807) is 0 Å². The molecule has 0 amide bonds. The van der Waals surface area contributed by atoms with Crippen LogP contribution in [0, 0.1) is 0 Å². The molecule has 0 unspecified atom stereocenters. The minimum atomic E-state index is 1.15. The van der Waals surface area contributed by atoms with Crippen LogP contribution in [0.2, 0.25) is 0 Å². The number of allylic oxidation sites excluding steroid dienone is 2. The van der Waals surface area contributed by atoms with Gasteiger partial charge in [-0.15, -0.1) is 0 Å². The van der Waals surface area contributed by atoms with Gasteiger partial charge in [0.25, 0.3) is 0 Å². The van der Waals surface area contributed by atoms with Crippen LogP contribution < -0.4 is 0 Å². The molecule has 0 radical (unpaired) electrons. The Hall–Kier alpha value is -0.500. The smallest absolute Gasteiger partial charge is 0.0299 e. The normalized spacial score (nSPS) is 16.8. The number of hydrogen-bond donors (Lipinski definition) is 0. The zero-order valence-electron chi connectivity index (χ0n) is 8.51. The van der Waals surface area contributed by atoms with Crippen molar-refractivity contribution in [1.29, 1.82) is 0 Å². The van der Waals surface area contributed by atoms with Crippen molar-refractivity contribution in [2.24, 2.45) is 0 Å². The first-order chi connectivity index (χ1) is 5.70. The molecule has 0 aromatic carbocycles. The lowest BCUT2D eigenvalue weighted by Gasteiger charge is -2.22. The van der Waals surface area contributed by atoms with Crippen LogP contribution in [0.5, 0.6) is 0 Å². The fourth-order valence-electron chi connectivity index (χ4n) is 1.49. The fraction of sp³-hybridized carbons (Fsp3) is 0.800. The molecule has 0 fully saturated rings. The molecule has 0 aromatic heterocycles. The minimum absolute atomic E-state index is 1.15. The van der Waals surface area contributed by atoms with E-state index in [0.29, 0.717) is 0 Å². The van der Waals surface area contributed by atoms with Crippen LogP contribution in [-0.4, -0.2) is 44.0 Å². The third kappa shape index (κ3) is 2.86. The predicted octanol–water partition coefficient (Wildman–Crippen LogP) is 1.55. The van der Waals surface area contributed by atoms with Gasteiger partial charge in [0.2, 0.25) is 0 Å². The summed E-state index contributed by atoms with van der Waals surface area (Å²) in [7, 11) is 6.44. The van der Waals surface area contributed by atoms with Gasteiger partial charge in [0.1, 0.15) is 0 Å². The van der Waals surface area contributed by atoms with Crippen LogP contribution in [0.4, 0.5) is 0 Å². The van der Waals surface area contributed by atoms with Crippen LogP contribution in [0.1, 0.15) is 19.3 Å². The van der Waals surface area contributed by atoms with Crippen molar-refractivity contribution in [3.63, 3.8) is 0 Å². The summed E-state index contributed by atoms with van der Waals surface area (Å²) in [6.07, 6.45) is 6.28. The predicted molar refractivity (Wildman–Crippen MR) is 53.1 cm³/mol. The molecule has 0 aromatic rings. The summed E-state index contributed by atoms with van der Waals surface area (Å²) in [6.45, 7) is 2.30. The first-order valence-electron chi connectivity index (χ1n) is 4.75. The lowest BCUT2D eigenvalue weighted by molar-refractivity contribution is 0.322. The maximum atomic E-state index is 2.38. The minimum Gasteiger partial charge on any atom is -0.377 e. The zero-order chi connectivity index (χ0) is 8.97. The molecule has 1 rings (SSSR count). The molecule has 12 heavy (non-hydrogen) atoms. The lowest BCUT2D eigenvalue weighted by atomic mass is 10.3. The third-order valence-corrected chi connectivity index (χ3v) is 2.39. The van der Waals surface area contributed by atoms with Gasteiger partial charge < -0.3 is 9.80 Å². The van der Waals surface area contributed by atoms with Gasteiger partial charge in [0.15, 0.2) is 0 Å². The Balaban J connectivity index is 2.23. The van der Waals surface area contributed by atoms with Crippen LogP contribution in [0.15, 0.2) is 11.8 Å². The molecule has 0 bridgehead atoms. The summed E-state index contributed by atoms with van der Waals surface area (Å²) in [5.41, 5.74) is 1.54. The molecule has 0 spiro atoms. The second kappa shape index (κ2) is 4.51. The Morgan fingerprint density at radius 1 is 1.25 bits per heavy atom. The number of hydrogen-bond acceptors (Lipinski definition) is 2. The van der Waals surface area contributed by atoms with E-state index in [-0.39, 0.29) is 0 Å². The first kappa shape index (κ1) is 9.59. The Labute approximate surface area is 75.8 Å². The van der Waals surface area contributed by atoms with Crippen LogP contribution in [0.25, 0.3) is 0 Å². The van der Waals surface area contributed by atoms with Crippen molar-refractivity contribution >= 4 is 0 Å². The van der Waals surface area contributed by atoms with Gasteiger partial charge >= 0.3 is 0 Å². The van der Waals surface area contributed by atoms with Crippen LogP contribution in [0.3, 0.4) is 0 Å². The first-order valence-corrected chi connectivity index (χ1v) is 4.75. The van der Waals surface area contributed by atoms with Crippen molar-refractivity contribution in [2.45, 2.75) is 19.3 Å². The molecule has 2 heteroatoms. The Kier molecular flexibility index (Phi) is 3.60. The van der Waals surface area contributed by atoms with E-state index in [2.05, 4.69) is 37.0 Å². The second-order valence-electron chi connectivity index (χ2n) is 3.81. The van der Waals surface area contributed by atoms with E-state index in [9.17, 15) is 0 Å². The molecule has 0 heterocycles. The van der Waals surface area contributed by atoms with Gasteiger partial charge in [-0.1, -0.05) is 6.08 Å². The number of likely N-dealkylation sites (N-methyl/N-ethyl adjacent to an activating group) is 2. The van der Waals surface area contributed by atoms with Crippen molar-refractivity contribution in [3.8, 4) is 0 Å². The van der Waals surface area contributed by atoms with E-state index in [1.807, 2.05) is 0 Å². The standard InChI is InChI=1S/C10H20N2/c1-11(2)8-9-12(3)10-6-4-5-7-10/h6H,4-5,7-9H2,1-3H3. The fourth-order valence-corrected chi connectivity index (χ4v) is 1.49. The SMILES string of the molecule is CN(C)CCN(C)C1=CCCC1. The van der Waals surface area contributed by atoms with E-state index < -0.39 is 0 Å². The highest BCUT2D eigenvalue weighted by Gasteiger charge is 2.08. The van der Waals surface area contributed by atoms with E-state index in [1.165, 1.54) is 25.0 Å².